The molecule has 1 aliphatic heterocycles. The number of aromatic nitrogens is 1. The van der Waals surface area contributed by atoms with Crippen molar-refractivity contribution in [1.29, 1.82) is 0 Å². The highest BCUT2D eigenvalue weighted by atomic mass is 15.5. The first-order valence-corrected chi connectivity index (χ1v) is 4.57. The highest BCUT2D eigenvalue weighted by molar-refractivity contribution is 5.55. The zero-order valence-corrected chi connectivity index (χ0v) is 8.44. The molecule has 2 heterocycles. The molecule has 1 aliphatic rings. The highest BCUT2D eigenvalue weighted by Crippen LogP contribution is 2.17. The topological polar surface area (TPSA) is 34.6 Å². The number of hydrogen-bond donors (Lipinski definition) is 1. The first-order valence-electron chi connectivity index (χ1n) is 4.57. The van der Waals surface area contributed by atoms with Crippen molar-refractivity contribution in [3.8, 4) is 0 Å². The Hall–Kier alpha value is -1.71. The van der Waals surface area contributed by atoms with Crippen LogP contribution in [0.1, 0.15) is 11.3 Å². The third-order valence-electron chi connectivity index (χ3n) is 2.05. The molecule has 4 nitrogen and oxygen atoms in total. The third-order valence-corrected chi connectivity index (χ3v) is 2.05. The van der Waals surface area contributed by atoms with Crippen molar-refractivity contribution in [2.75, 3.05) is 14.1 Å². The lowest BCUT2D eigenvalue weighted by Crippen LogP contribution is -2.17. The standard InChI is InChI=1S/C10H14N4/c1-13(2)8-12-14-6-4-10-9(7-14)3-5-11-10/h3-6,8,11H,7H2,1-2H3. The number of H-pyrrole nitrogens is 1. The van der Waals surface area contributed by atoms with Gasteiger partial charge >= 0.3 is 0 Å². The molecule has 74 valence electrons. The maximum atomic E-state index is 4.29. The van der Waals surface area contributed by atoms with Crippen LogP contribution in [0.4, 0.5) is 0 Å². The van der Waals surface area contributed by atoms with Gasteiger partial charge in [-0.05, 0) is 17.7 Å². The molecule has 0 unspecified atom stereocenters. The molecule has 0 fully saturated rings. The van der Waals surface area contributed by atoms with E-state index in [1.807, 2.05) is 42.5 Å². The lowest BCUT2D eigenvalue weighted by Gasteiger charge is -2.18. The van der Waals surface area contributed by atoms with E-state index in [1.165, 1.54) is 11.3 Å². The Morgan fingerprint density at radius 3 is 3.21 bits per heavy atom. The van der Waals surface area contributed by atoms with Crippen LogP contribution in [0.5, 0.6) is 0 Å². The minimum atomic E-state index is 0.833. The Morgan fingerprint density at radius 1 is 1.57 bits per heavy atom. The van der Waals surface area contributed by atoms with E-state index >= 15 is 0 Å². The SMILES string of the molecule is CN(C)C=NN1C=Cc2[nH]ccc2C1. The van der Waals surface area contributed by atoms with Crippen LogP contribution in [0, 0.1) is 0 Å². The van der Waals surface area contributed by atoms with Gasteiger partial charge in [-0.1, -0.05) is 0 Å². The van der Waals surface area contributed by atoms with Gasteiger partial charge in [-0.3, -0.25) is 5.01 Å². The summed E-state index contributed by atoms with van der Waals surface area (Å²) < 4.78 is 0. The summed E-state index contributed by atoms with van der Waals surface area (Å²) in [5.74, 6) is 0. The van der Waals surface area contributed by atoms with Crippen LogP contribution < -0.4 is 0 Å². The Morgan fingerprint density at radius 2 is 2.43 bits per heavy atom. The Bertz CT molecular complexity index is 362. The van der Waals surface area contributed by atoms with Gasteiger partial charge < -0.3 is 9.88 Å². The molecular formula is C10H14N4. The minimum Gasteiger partial charge on any atom is -0.367 e. The van der Waals surface area contributed by atoms with Crippen molar-refractivity contribution in [3.63, 3.8) is 0 Å². The molecule has 1 aromatic heterocycles. The van der Waals surface area contributed by atoms with Gasteiger partial charge in [0.05, 0.1) is 6.54 Å². The molecule has 1 N–H and O–H groups in total. The molecule has 0 radical (unpaired) electrons. The van der Waals surface area contributed by atoms with E-state index in [0.717, 1.165) is 6.54 Å². The number of fused-ring (bicyclic) bond motifs is 1. The smallest absolute Gasteiger partial charge is 0.111 e. The second kappa shape index (κ2) is 3.57. The number of aromatic amines is 1. The first kappa shape index (κ1) is 8.87. The van der Waals surface area contributed by atoms with E-state index in [2.05, 4.69) is 16.2 Å². The minimum absolute atomic E-state index is 0.833. The normalized spacial score (nSPS) is 14.9. The van der Waals surface area contributed by atoms with Gasteiger partial charge in [-0.15, -0.1) is 0 Å². The number of nitrogens with one attached hydrogen (secondary N) is 1. The van der Waals surface area contributed by atoms with Gasteiger partial charge in [0.1, 0.15) is 6.34 Å². The average molecular weight is 190 g/mol. The summed E-state index contributed by atoms with van der Waals surface area (Å²) in [6, 6.07) is 2.08. The molecule has 0 aliphatic carbocycles. The molecule has 0 saturated heterocycles. The van der Waals surface area contributed by atoms with Gasteiger partial charge in [0, 0.05) is 32.2 Å². The van der Waals surface area contributed by atoms with Crippen molar-refractivity contribution < 1.29 is 0 Å². The molecule has 1 aromatic rings. The molecule has 0 atom stereocenters. The van der Waals surface area contributed by atoms with Crippen molar-refractivity contribution in [2.45, 2.75) is 6.54 Å². The van der Waals surface area contributed by atoms with Crippen LogP contribution in [0.3, 0.4) is 0 Å². The second-order valence-corrected chi connectivity index (χ2v) is 3.52. The first-order chi connectivity index (χ1) is 6.75. The van der Waals surface area contributed by atoms with Crippen molar-refractivity contribution >= 4 is 12.4 Å². The van der Waals surface area contributed by atoms with Crippen molar-refractivity contribution in [3.05, 3.63) is 29.7 Å². The van der Waals surface area contributed by atoms with Gasteiger partial charge in [0.25, 0.3) is 0 Å². The maximum Gasteiger partial charge on any atom is 0.111 e. The maximum absolute atomic E-state index is 4.29. The second-order valence-electron chi connectivity index (χ2n) is 3.52. The Labute approximate surface area is 83.5 Å². The fraction of sp³-hybridized carbons (Fsp3) is 0.300. The molecule has 0 aromatic carbocycles. The largest absolute Gasteiger partial charge is 0.367 e. The summed E-state index contributed by atoms with van der Waals surface area (Å²) >= 11 is 0. The van der Waals surface area contributed by atoms with Gasteiger partial charge in [0.2, 0.25) is 0 Å². The lowest BCUT2D eigenvalue weighted by molar-refractivity contribution is 0.384. The summed E-state index contributed by atoms with van der Waals surface area (Å²) in [6.07, 6.45) is 7.75. The molecule has 0 saturated carbocycles. The zero-order chi connectivity index (χ0) is 9.97. The Balaban J connectivity index is 2.07. The van der Waals surface area contributed by atoms with E-state index in [-0.39, 0.29) is 0 Å². The molecular weight excluding hydrogens is 176 g/mol. The van der Waals surface area contributed by atoms with Crippen LogP contribution >= 0.6 is 0 Å². The molecule has 14 heavy (non-hydrogen) atoms. The zero-order valence-electron chi connectivity index (χ0n) is 8.44. The highest BCUT2D eigenvalue weighted by Gasteiger charge is 2.09. The van der Waals surface area contributed by atoms with Crippen LogP contribution in [0.2, 0.25) is 0 Å². The van der Waals surface area contributed by atoms with Gasteiger partial charge in [-0.2, -0.15) is 5.10 Å². The molecule has 2 rings (SSSR count). The van der Waals surface area contributed by atoms with Crippen molar-refractivity contribution in [2.24, 2.45) is 5.10 Å². The summed E-state index contributed by atoms with van der Waals surface area (Å²) in [5, 5.41) is 6.21. The van der Waals surface area contributed by atoms with Gasteiger partial charge in [-0.25, -0.2) is 0 Å². The average Bonchev–Trinajstić information content (AvgIpc) is 2.61. The lowest BCUT2D eigenvalue weighted by atomic mass is 10.2. The fourth-order valence-electron chi connectivity index (χ4n) is 1.34. The summed E-state index contributed by atoms with van der Waals surface area (Å²) in [5.41, 5.74) is 2.46. The fourth-order valence-corrected chi connectivity index (χ4v) is 1.34. The van der Waals surface area contributed by atoms with E-state index in [9.17, 15) is 0 Å². The van der Waals surface area contributed by atoms with Crippen molar-refractivity contribution in [1.82, 2.24) is 14.9 Å². The quantitative estimate of drug-likeness (QED) is 0.563. The Kier molecular flexibility index (Phi) is 2.26. The van der Waals surface area contributed by atoms with E-state index < -0.39 is 0 Å². The number of rotatable bonds is 2. The van der Waals surface area contributed by atoms with Crippen LogP contribution in [-0.4, -0.2) is 35.3 Å². The van der Waals surface area contributed by atoms with E-state index in [0.29, 0.717) is 0 Å². The van der Waals surface area contributed by atoms with Gasteiger partial charge in [0.15, 0.2) is 0 Å². The monoisotopic (exact) mass is 190 g/mol. The molecule has 4 heteroatoms. The number of hydrazone groups is 1. The number of nitrogens with zero attached hydrogens (tertiary/aromatic N) is 3. The summed E-state index contributed by atoms with van der Waals surface area (Å²) in [7, 11) is 3.91. The van der Waals surface area contributed by atoms with E-state index in [4.69, 9.17) is 0 Å². The van der Waals surface area contributed by atoms with Crippen LogP contribution in [0.25, 0.3) is 6.08 Å². The number of hydrogen-bond acceptors (Lipinski definition) is 2. The predicted molar refractivity (Wildman–Crippen MR) is 57.5 cm³/mol. The predicted octanol–water partition coefficient (Wildman–Crippen LogP) is 1.31. The summed E-state index contributed by atoms with van der Waals surface area (Å²) in [6.45, 7) is 0.833. The van der Waals surface area contributed by atoms with Crippen LogP contribution in [0.15, 0.2) is 23.6 Å². The third kappa shape index (κ3) is 1.79. The molecule has 0 bridgehead atoms. The molecule has 0 amide bonds. The van der Waals surface area contributed by atoms with Crippen LogP contribution in [-0.2, 0) is 6.54 Å². The molecule has 0 spiro atoms. The summed E-state index contributed by atoms with van der Waals surface area (Å²) in [4.78, 5) is 5.08. The van der Waals surface area contributed by atoms with E-state index in [1.54, 1.807) is 6.34 Å².